The van der Waals surface area contributed by atoms with Gasteiger partial charge in [0.2, 0.25) is 17.7 Å². The molecule has 1 aliphatic heterocycles. The normalized spacial score (nSPS) is 15.8. The Morgan fingerprint density at radius 1 is 1.31 bits per heavy atom. The summed E-state index contributed by atoms with van der Waals surface area (Å²) in [5, 5.41) is 19.2. The number of nitrogens with zero attached hydrogens (tertiary/aromatic N) is 1. The van der Waals surface area contributed by atoms with Crippen molar-refractivity contribution in [2.75, 3.05) is 13.7 Å². The summed E-state index contributed by atoms with van der Waals surface area (Å²) < 4.78 is 0. The molecule has 0 spiro atoms. The molecule has 29 heavy (non-hydrogen) atoms. The lowest BCUT2D eigenvalue weighted by molar-refractivity contribution is -0.138. The van der Waals surface area contributed by atoms with E-state index in [2.05, 4.69) is 18.2 Å². The van der Waals surface area contributed by atoms with Crippen molar-refractivity contribution in [3.05, 3.63) is 29.3 Å². The number of carbonyl (C=O) groups is 3. The van der Waals surface area contributed by atoms with Crippen LogP contribution in [0.3, 0.4) is 0 Å². The molecule has 2 atom stereocenters. The molecule has 5 N–H and O–H groups in total. The third-order valence-corrected chi connectivity index (χ3v) is 4.60. The summed E-state index contributed by atoms with van der Waals surface area (Å²) in [5.41, 5.74) is 7.12. The second kappa shape index (κ2) is 13.2. The van der Waals surface area contributed by atoms with Gasteiger partial charge in [0.1, 0.15) is 17.8 Å². The summed E-state index contributed by atoms with van der Waals surface area (Å²) in [7, 11) is 1.00. The summed E-state index contributed by atoms with van der Waals surface area (Å²) in [5.74, 6) is -0.864. The fourth-order valence-electron chi connectivity index (χ4n) is 3.15. The number of hydrogen-bond donors (Lipinski definition) is 4. The van der Waals surface area contributed by atoms with Gasteiger partial charge in [0.15, 0.2) is 0 Å². The maximum atomic E-state index is 12.4. The minimum absolute atomic E-state index is 0.146. The zero-order valence-corrected chi connectivity index (χ0v) is 17.2. The minimum atomic E-state index is -0.795. The van der Waals surface area contributed by atoms with Crippen LogP contribution in [0.5, 0.6) is 5.75 Å². The van der Waals surface area contributed by atoms with Crippen molar-refractivity contribution >= 4 is 17.7 Å². The van der Waals surface area contributed by atoms with Crippen LogP contribution in [0.4, 0.5) is 0 Å². The molecule has 0 bridgehead atoms. The van der Waals surface area contributed by atoms with E-state index in [4.69, 9.17) is 10.8 Å². The van der Waals surface area contributed by atoms with Gasteiger partial charge in [0.25, 0.3) is 0 Å². The van der Waals surface area contributed by atoms with Crippen LogP contribution in [-0.2, 0) is 20.8 Å². The lowest BCUT2D eigenvalue weighted by Gasteiger charge is -2.24. The minimum Gasteiger partial charge on any atom is -0.508 e. The van der Waals surface area contributed by atoms with Crippen LogP contribution in [0, 0.1) is 19.8 Å². The number of rotatable bonds is 6. The number of nitrogens with one attached hydrogen (secondary N) is 1. The Morgan fingerprint density at radius 3 is 2.45 bits per heavy atom. The van der Waals surface area contributed by atoms with Crippen molar-refractivity contribution < 1.29 is 24.6 Å². The number of nitrogens with two attached hydrogens (primary N) is 1. The number of hydrogen-bond acceptors (Lipinski definition) is 5. The molecule has 0 radical (unpaired) electrons. The third-order valence-electron chi connectivity index (χ3n) is 4.60. The van der Waals surface area contributed by atoms with Crippen molar-refractivity contribution in [2.24, 2.45) is 5.73 Å². The number of carbonyl (C=O) groups excluding carboxylic acids is 3. The monoisotopic (exact) mass is 405 g/mol. The van der Waals surface area contributed by atoms with Crippen LogP contribution in [0.2, 0.25) is 0 Å². The zero-order chi connectivity index (χ0) is 22.6. The maximum absolute atomic E-state index is 12.4. The fourth-order valence-corrected chi connectivity index (χ4v) is 3.15. The molecule has 1 aromatic carbocycles. The number of likely N-dealkylation sites (tertiary alicyclic amines) is 1. The number of amides is 3. The molecule has 0 unspecified atom stereocenters. The van der Waals surface area contributed by atoms with Gasteiger partial charge in [-0.1, -0.05) is 12.1 Å². The maximum Gasteiger partial charge on any atom is 0.243 e. The lowest BCUT2D eigenvalue weighted by Crippen LogP contribution is -2.52. The van der Waals surface area contributed by atoms with Gasteiger partial charge in [-0.2, -0.15) is 0 Å². The summed E-state index contributed by atoms with van der Waals surface area (Å²) in [4.78, 5) is 37.2. The van der Waals surface area contributed by atoms with Crippen LogP contribution in [0.25, 0.3) is 0 Å². The van der Waals surface area contributed by atoms with Gasteiger partial charge < -0.3 is 26.2 Å². The quantitative estimate of drug-likeness (QED) is 0.511. The van der Waals surface area contributed by atoms with Crippen LogP contribution < -0.4 is 11.1 Å². The summed E-state index contributed by atoms with van der Waals surface area (Å²) >= 11 is 0. The van der Waals surface area contributed by atoms with Crippen molar-refractivity contribution in [3.8, 4) is 18.6 Å². The highest BCUT2D eigenvalue weighted by molar-refractivity contribution is 5.91. The van der Waals surface area contributed by atoms with Crippen molar-refractivity contribution in [1.82, 2.24) is 10.2 Å². The van der Waals surface area contributed by atoms with E-state index in [-0.39, 0.29) is 17.6 Å². The number of aromatic hydroxyl groups is 1. The first-order chi connectivity index (χ1) is 13.8. The van der Waals surface area contributed by atoms with Crippen LogP contribution in [-0.4, -0.2) is 58.6 Å². The van der Waals surface area contributed by atoms with E-state index in [0.717, 1.165) is 24.7 Å². The number of phenols is 1. The zero-order valence-electron chi connectivity index (χ0n) is 17.2. The highest BCUT2D eigenvalue weighted by Gasteiger charge is 2.33. The predicted octanol–water partition coefficient (Wildman–Crippen LogP) is 0.472. The van der Waals surface area contributed by atoms with E-state index in [1.54, 1.807) is 19.1 Å². The fraction of sp³-hybridized carbons (Fsp3) is 0.476. The molecule has 1 fully saturated rings. The number of phenolic OH excluding ortho intramolecular Hbond substituents is 1. The summed E-state index contributed by atoms with van der Waals surface area (Å²) in [6.45, 7) is 3.79. The largest absolute Gasteiger partial charge is 0.508 e. The second-order valence-electron chi connectivity index (χ2n) is 6.49. The Morgan fingerprint density at radius 2 is 1.93 bits per heavy atom. The SMILES string of the molecule is C#C.CC(=O)N1CCC[C@H]1C(=O)N[C@@H](CCc1ccc(O)c(C)c1)C(N)=O.CO. The van der Waals surface area contributed by atoms with E-state index in [1.807, 2.05) is 6.07 Å². The molecule has 1 aliphatic rings. The van der Waals surface area contributed by atoms with Gasteiger partial charge in [0.05, 0.1) is 0 Å². The van der Waals surface area contributed by atoms with E-state index < -0.39 is 18.0 Å². The molecular formula is C21H31N3O5. The molecule has 1 heterocycles. The number of terminal acetylenes is 1. The van der Waals surface area contributed by atoms with E-state index >= 15 is 0 Å². The average molecular weight is 405 g/mol. The van der Waals surface area contributed by atoms with Gasteiger partial charge in [-0.3, -0.25) is 14.4 Å². The van der Waals surface area contributed by atoms with Crippen molar-refractivity contribution in [2.45, 2.75) is 51.6 Å². The Bertz CT molecular complexity index is 718. The van der Waals surface area contributed by atoms with Gasteiger partial charge in [-0.05, 0) is 49.8 Å². The average Bonchev–Trinajstić information content (AvgIpc) is 3.21. The first-order valence-electron chi connectivity index (χ1n) is 9.23. The highest BCUT2D eigenvalue weighted by Crippen LogP contribution is 2.19. The number of benzene rings is 1. The van der Waals surface area contributed by atoms with Crippen LogP contribution in [0.1, 0.15) is 37.3 Å². The van der Waals surface area contributed by atoms with E-state index in [9.17, 15) is 19.5 Å². The van der Waals surface area contributed by atoms with Gasteiger partial charge in [-0.15, -0.1) is 12.8 Å². The van der Waals surface area contributed by atoms with Gasteiger partial charge in [-0.25, -0.2) is 0 Å². The number of aliphatic hydroxyl groups is 1. The van der Waals surface area contributed by atoms with Gasteiger partial charge in [0, 0.05) is 20.6 Å². The van der Waals surface area contributed by atoms with Crippen LogP contribution >= 0.6 is 0 Å². The molecule has 1 saturated heterocycles. The number of aryl methyl sites for hydroxylation is 2. The Hall–Kier alpha value is -3.05. The summed E-state index contributed by atoms with van der Waals surface area (Å²) in [6.07, 6.45) is 10.3. The molecule has 3 amide bonds. The van der Waals surface area contributed by atoms with E-state index in [1.165, 1.54) is 11.8 Å². The Balaban J connectivity index is 0.00000184. The molecule has 1 aromatic rings. The van der Waals surface area contributed by atoms with E-state index in [0.29, 0.717) is 25.8 Å². The molecule has 0 aliphatic carbocycles. The van der Waals surface area contributed by atoms with Crippen molar-refractivity contribution in [3.63, 3.8) is 0 Å². The predicted molar refractivity (Wildman–Crippen MR) is 111 cm³/mol. The lowest BCUT2D eigenvalue weighted by atomic mass is 10.0. The molecule has 2 rings (SSSR count). The number of primary amides is 1. The topological polar surface area (TPSA) is 133 Å². The summed E-state index contributed by atoms with van der Waals surface area (Å²) in [6, 6.07) is 3.89. The molecule has 0 saturated carbocycles. The molecule has 8 heteroatoms. The molecule has 8 nitrogen and oxygen atoms in total. The standard InChI is InChI=1S/C18H25N3O4.C2H2.CH4O/c1-11-10-13(6-8-16(11)23)5-7-14(17(19)24)20-18(25)15-4-3-9-21(15)12(2)22;2*1-2/h6,8,10,14-15,23H,3-5,7,9H2,1-2H3,(H2,19,24)(H,20,25);1-2H;2H,1H3/t14-,15-;;/m0../s1. The second-order valence-corrected chi connectivity index (χ2v) is 6.49. The smallest absolute Gasteiger partial charge is 0.243 e. The molecule has 0 aromatic heterocycles. The number of aliphatic hydroxyl groups excluding tert-OH is 1. The first kappa shape index (κ1) is 26.0. The Kier molecular flexibility index (Phi) is 11.8. The molecule has 160 valence electrons. The third kappa shape index (κ3) is 7.84. The molecular weight excluding hydrogens is 374 g/mol. The highest BCUT2D eigenvalue weighted by atomic mass is 16.3. The van der Waals surface area contributed by atoms with Gasteiger partial charge >= 0.3 is 0 Å². The Labute approximate surface area is 172 Å². The van der Waals surface area contributed by atoms with Crippen molar-refractivity contribution in [1.29, 1.82) is 0 Å². The van der Waals surface area contributed by atoms with Crippen LogP contribution in [0.15, 0.2) is 18.2 Å². The first-order valence-corrected chi connectivity index (χ1v) is 9.23.